The third-order valence-corrected chi connectivity index (χ3v) is 7.04. The maximum Gasteiger partial charge on any atom is 0.407 e. The molecule has 7 nitrogen and oxygen atoms in total. The van der Waals surface area contributed by atoms with Gasteiger partial charge in [0.2, 0.25) is 5.91 Å². The van der Waals surface area contributed by atoms with Gasteiger partial charge in [0, 0.05) is 19.0 Å². The van der Waals surface area contributed by atoms with E-state index in [0.717, 1.165) is 22.3 Å². The molecule has 7 heteroatoms. The third kappa shape index (κ3) is 4.45. The number of carboxylic acid groups (broad SMARTS) is 1. The number of nitrogens with zero attached hydrogens (tertiary/aromatic N) is 1. The van der Waals surface area contributed by atoms with Crippen molar-refractivity contribution in [3.8, 4) is 11.1 Å². The zero-order valence-electron chi connectivity index (χ0n) is 19.0. The topological polar surface area (TPSA) is 95.9 Å². The highest BCUT2D eigenvalue weighted by atomic mass is 16.5. The lowest BCUT2D eigenvalue weighted by atomic mass is 9.80. The summed E-state index contributed by atoms with van der Waals surface area (Å²) in [5.41, 5.74) is 3.76. The minimum Gasteiger partial charge on any atom is -0.481 e. The molecule has 0 aromatic heterocycles. The van der Waals surface area contributed by atoms with E-state index in [0.29, 0.717) is 32.4 Å². The summed E-state index contributed by atoms with van der Waals surface area (Å²) in [6.07, 6.45) is 0.602. The molecule has 1 aliphatic carbocycles. The second-order valence-corrected chi connectivity index (χ2v) is 9.12. The van der Waals surface area contributed by atoms with Gasteiger partial charge >= 0.3 is 12.1 Å². The summed E-state index contributed by atoms with van der Waals surface area (Å²) in [5.74, 6) is -1.08. The molecule has 4 rings (SSSR count). The number of aliphatic carboxylic acids is 1. The van der Waals surface area contributed by atoms with Crippen molar-refractivity contribution in [3.63, 3.8) is 0 Å². The first-order valence-electron chi connectivity index (χ1n) is 11.5. The number of likely N-dealkylation sites (tertiary alicyclic amines) is 1. The van der Waals surface area contributed by atoms with Gasteiger partial charge in [-0.25, -0.2) is 4.79 Å². The van der Waals surface area contributed by atoms with Gasteiger partial charge < -0.3 is 20.1 Å². The Morgan fingerprint density at radius 1 is 1.06 bits per heavy atom. The van der Waals surface area contributed by atoms with E-state index in [4.69, 9.17) is 4.74 Å². The van der Waals surface area contributed by atoms with Crippen LogP contribution in [0.5, 0.6) is 0 Å². The van der Waals surface area contributed by atoms with Gasteiger partial charge in [-0.15, -0.1) is 0 Å². The number of carbonyl (C=O) groups excluding carboxylic acids is 2. The molecule has 1 aliphatic heterocycles. The summed E-state index contributed by atoms with van der Waals surface area (Å²) in [7, 11) is 0. The van der Waals surface area contributed by atoms with Crippen LogP contribution in [-0.4, -0.2) is 53.7 Å². The number of ether oxygens (including phenoxy) is 1. The molecular formula is C26H30N2O5. The quantitative estimate of drug-likeness (QED) is 0.693. The van der Waals surface area contributed by atoms with E-state index in [9.17, 15) is 19.5 Å². The summed E-state index contributed by atoms with van der Waals surface area (Å²) in [6, 6.07) is 15.5. The number of rotatable bonds is 6. The van der Waals surface area contributed by atoms with Gasteiger partial charge in [-0.3, -0.25) is 9.59 Å². The number of alkyl carbamates (subject to hydrolysis) is 1. The second kappa shape index (κ2) is 9.25. The minimum atomic E-state index is -0.835. The Morgan fingerprint density at radius 3 is 2.12 bits per heavy atom. The predicted octanol–water partition coefficient (Wildman–Crippen LogP) is 4.02. The molecule has 2 amide bonds. The number of nitrogens with one attached hydrogen (secondary N) is 1. The summed E-state index contributed by atoms with van der Waals surface area (Å²) in [4.78, 5) is 38.6. The molecule has 1 atom stereocenters. The fraction of sp³-hybridized carbons (Fsp3) is 0.423. The number of carbonyl (C=O) groups is 3. The Balaban J connectivity index is 1.36. The Bertz CT molecular complexity index is 1010. The van der Waals surface area contributed by atoms with Crippen molar-refractivity contribution in [1.29, 1.82) is 0 Å². The largest absolute Gasteiger partial charge is 0.481 e. The zero-order valence-corrected chi connectivity index (χ0v) is 19.0. The molecule has 1 fully saturated rings. The van der Waals surface area contributed by atoms with Crippen molar-refractivity contribution in [2.24, 2.45) is 5.41 Å². The molecule has 1 saturated heterocycles. The summed E-state index contributed by atoms with van der Waals surface area (Å²) >= 11 is 0. The first-order chi connectivity index (χ1) is 15.8. The average Bonchev–Trinajstić information content (AvgIpc) is 3.15. The van der Waals surface area contributed by atoms with Crippen LogP contribution >= 0.6 is 0 Å². The van der Waals surface area contributed by atoms with E-state index < -0.39 is 23.5 Å². The zero-order chi connectivity index (χ0) is 23.6. The highest BCUT2D eigenvalue weighted by molar-refractivity contribution is 5.86. The van der Waals surface area contributed by atoms with Crippen molar-refractivity contribution >= 4 is 18.0 Å². The van der Waals surface area contributed by atoms with Gasteiger partial charge in [-0.1, -0.05) is 55.5 Å². The number of hydrogen-bond acceptors (Lipinski definition) is 4. The lowest BCUT2D eigenvalue weighted by Crippen LogP contribution is -2.52. The molecule has 0 unspecified atom stereocenters. The number of amides is 2. The number of carboxylic acids is 1. The van der Waals surface area contributed by atoms with Crippen molar-refractivity contribution in [2.75, 3.05) is 19.7 Å². The molecule has 1 heterocycles. The molecular weight excluding hydrogens is 420 g/mol. The molecule has 2 aliphatic rings. The highest BCUT2D eigenvalue weighted by Crippen LogP contribution is 2.44. The van der Waals surface area contributed by atoms with Crippen LogP contribution in [0.3, 0.4) is 0 Å². The van der Waals surface area contributed by atoms with Crippen LogP contribution < -0.4 is 5.32 Å². The van der Waals surface area contributed by atoms with Gasteiger partial charge in [-0.05, 0) is 48.4 Å². The van der Waals surface area contributed by atoms with E-state index in [1.165, 1.54) is 0 Å². The minimum absolute atomic E-state index is 0.0466. The molecule has 0 bridgehead atoms. The lowest BCUT2D eigenvalue weighted by molar-refractivity contribution is -0.153. The maximum atomic E-state index is 12.9. The lowest BCUT2D eigenvalue weighted by Gasteiger charge is -2.37. The Labute approximate surface area is 193 Å². The average molecular weight is 451 g/mol. The molecule has 0 spiro atoms. The SMILES string of the molecule is CC[C@@H](NC(=O)OCC1c2ccccc2-c2ccccc21)C(=O)N1CCC(C)(C(=O)O)CC1. The van der Waals surface area contributed by atoms with Crippen LogP contribution in [0, 0.1) is 5.41 Å². The van der Waals surface area contributed by atoms with E-state index >= 15 is 0 Å². The van der Waals surface area contributed by atoms with Gasteiger partial charge in [0.15, 0.2) is 0 Å². The van der Waals surface area contributed by atoms with Crippen LogP contribution in [0.15, 0.2) is 48.5 Å². The Kier molecular flexibility index (Phi) is 6.40. The van der Waals surface area contributed by atoms with Crippen LogP contribution in [-0.2, 0) is 14.3 Å². The number of hydrogen-bond donors (Lipinski definition) is 2. The fourth-order valence-corrected chi connectivity index (χ4v) is 4.78. The molecule has 0 saturated carbocycles. The molecule has 174 valence electrons. The van der Waals surface area contributed by atoms with E-state index in [1.54, 1.807) is 11.8 Å². The number of piperidine rings is 1. The van der Waals surface area contributed by atoms with Crippen molar-refractivity contribution in [3.05, 3.63) is 59.7 Å². The number of fused-ring (bicyclic) bond motifs is 3. The van der Waals surface area contributed by atoms with Crippen LogP contribution in [0.25, 0.3) is 11.1 Å². The fourth-order valence-electron chi connectivity index (χ4n) is 4.78. The molecule has 2 aromatic rings. The summed E-state index contributed by atoms with van der Waals surface area (Å²) < 4.78 is 5.58. The first kappa shape index (κ1) is 22.8. The first-order valence-corrected chi connectivity index (χ1v) is 11.5. The van der Waals surface area contributed by atoms with Gasteiger partial charge in [-0.2, -0.15) is 0 Å². The van der Waals surface area contributed by atoms with E-state index in [1.807, 2.05) is 31.2 Å². The Hall–Kier alpha value is -3.35. The third-order valence-electron chi connectivity index (χ3n) is 7.04. The van der Waals surface area contributed by atoms with Gasteiger partial charge in [0.05, 0.1) is 5.41 Å². The van der Waals surface area contributed by atoms with Crippen molar-refractivity contribution in [1.82, 2.24) is 10.2 Å². The predicted molar refractivity (Wildman–Crippen MR) is 124 cm³/mol. The van der Waals surface area contributed by atoms with Gasteiger partial charge in [0.1, 0.15) is 12.6 Å². The van der Waals surface area contributed by atoms with Crippen molar-refractivity contribution < 1.29 is 24.2 Å². The summed E-state index contributed by atoms with van der Waals surface area (Å²) in [6.45, 7) is 4.46. The highest BCUT2D eigenvalue weighted by Gasteiger charge is 2.39. The van der Waals surface area contributed by atoms with Gasteiger partial charge in [0.25, 0.3) is 0 Å². The van der Waals surface area contributed by atoms with Crippen LogP contribution in [0.4, 0.5) is 4.79 Å². The molecule has 33 heavy (non-hydrogen) atoms. The molecule has 2 N–H and O–H groups in total. The molecule has 2 aromatic carbocycles. The Morgan fingerprint density at radius 2 is 1.61 bits per heavy atom. The standard InChI is InChI=1S/C26H30N2O5/c1-3-22(23(29)28-14-12-26(2,13-15-28)24(30)31)27-25(32)33-16-21-19-10-6-4-8-17(19)18-9-5-7-11-20(18)21/h4-11,21-22H,3,12-16H2,1-2H3,(H,27,32)(H,30,31)/t22-/m1/s1. The van der Waals surface area contributed by atoms with Crippen LogP contribution in [0.1, 0.15) is 50.2 Å². The van der Waals surface area contributed by atoms with E-state index in [2.05, 4.69) is 29.6 Å². The summed E-state index contributed by atoms with van der Waals surface area (Å²) in [5, 5.41) is 12.1. The molecule has 0 radical (unpaired) electrons. The maximum absolute atomic E-state index is 12.9. The normalized spacial score (nSPS) is 17.6. The monoisotopic (exact) mass is 450 g/mol. The number of benzene rings is 2. The second-order valence-electron chi connectivity index (χ2n) is 9.12. The van der Waals surface area contributed by atoms with E-state index in [-0.39, 0.29) is 18.4 Å². The van der Waals surface area contributed by atoms with Crippen LogP contribution in [0.2, 0.25) is 0 Å². The smallest absolute Gasteiger partial charge is 0.407 e. The van der Waals surface area contributed by atoms with Crippen molar-refractivity contribution in [2.45, 2.75) is 45.1 Å².